The van der Waals surface area contributed by atoms with Crippen LogP contribution < -0.4 is 0 Å². The van der Waals surface area contributed by atoms with Crippen molar-refractivity contribution >= 4 is 5.78 Å². The first-order valence-corrected chi connectivity index (χ1v) is 20.7. The van der Waals surface area contributed by atoms with Gasteiger partial charge in [-0.25, -0.2) is 0 Å². The lowest BCUT2D eigenvalue weighted by Crippen LogP contribution is -2.67. The third kappa shape index (κ3) is 7.11. The molecule has 6 rings (SSSR count). The molecule has 0 spiro atoms. The van der Waals surface area contributed by atoms with Gasteiger partial charge in [0.2, 0.25) is 0 Å². The van der Waals surface area contributed by atoms with Gasteiger partial charge in [-0.05, 0) is 112 Å². The number of aliphatic hydroxyl groups is 8. The van der Waals surface area contributed by atoms with Crippen molar-refractivity contribution < 1.29 is 64.6 Å². The van der Waals surface area contributed by atoms with Gasteiger partial charge in [0.25, 0.3) is 0 Å². The molecule has 8 N–H and O–H groups in total. The Morgan fingerprint density at radius 3 is 2.00 bits per heavy atom. The monoisotopic (exact) mass is 782 g/mol. The molecule has 0 aromatic rings. The number of fused-ring (bicyclic) bond motifs is 5. The number of aliphatic hydroxyl groups excluding tert-OH is 7. The molecule has 0 bridgehead atoms. The van der Waals surface area contributed by atoms with Crippen LogP contribution in [0.2, 0.25) is 0 Å². The molecule has 6 fully saturated rings. The fourth-order valence-corrected chi connectivity index (χ4v) is 13.0. The summed E-state index contributed by atoms with van der Waals surface area (Å²) in [7, 11) is 0. The molecular formula is C42H70O13. The van der Waals surface area contributed by atoms with E-state index in [0.29, 0.717) is 19.3 Å². The van der Waals surface area contributed by atoms with E-state index in [4.69, 9.17) is 18.9 Å². The van der Waals surface area contributed by atoms with Gasteiger partial charge in [0.1, 0.15) is 54.6 Å². The smallest absolute Gasteiger partial charge is 0.187 e. The molecule has 2 aliphatic heterocycles. The highest BCUT2D eigenvalue weighted by molar-refractivity contribution is 5.84. The normalized spacial score (nSPS) is 50.7. The average Bonchev–Trinajstić information content (AvgIpc) is 3.50. The van der Waals surface area contributed by atoms with Crippen LogP contribution in [0.25, 0.3) is 0 Å². The van der Waals surface area contributed by atoms with E-state index in [0.717, 1.165) is 38.5 Å². The number of ketones is 1. The minimum absolute atomic E-state index is 0.0790. The number of Topliss-reactive ketones (excluding diaryl/α,β-unsaturated/α-hetero) is 1. The van der Waals surface area contributed by atoms with Gasteiger partial charge in [0.15, 0.2) is 12.6 Å². The van der Waals surface area contributed by atoms with E-state index in [-0.39, 0.29) is 45.7 Å². The summed E-state index contributed by atoms with van der Waals surface area (Å²) in [6, 6.07) is 0. The van der Waals surface area contributed by atoms with Gasteiger partial charge in [-0.1, -0.05) is 46.3 Å². The molecule has 2 heterocycles. The maximum absolute atomic E-state index is 14.5. The van der Waals surface area contributed by atoms with Crippen molar-refractivity contribution in [2.45, 2.75) is 186 Å². The van der Waals surface area contributed by atoms with E-state index in [2.05, 4.69) is 54.5 Å². The van der Waals surface area contributed by atoms with Crippen LogP contribution in [0.3, 0.4) is 0 Å². The summed E-state index contributed by atoms with van der Waals surface area (Å²) in [5.74, 6) is 0.287. The second-order valence-electron chi connectivity index (χ2n) is 19.9. The average molecular weight is 783 g/mol. The number of hydrogen-bond donors (Lipinski definition) is 8. The SMILES string of the molecule is CC(C)=CCC[C@](C)(O)[C@H]1CC[C@]2(C)[C@@H]1C(=O)C[C@@H]1[C@@]3(C)CC[C@H](O[C@@H]4O[C@H](CO)[C@@H](O)[C@H](O)[C@H]4O[C@@H]4O[C@H](CO)[C@@H](O)[C@H](O)[C@H]4O)C(C)(C)[C@@H]3CC[C@]12C. The maximum Gasteiger partial charge on any atom is 0.187 e. The molecule has 0 aromatic carbocycles. The van der Waals surface area contributed by atoms with E-state index >= 15 is 0 Å². The van der Waals surface area contributed by atoms with E-state index < -0.39 is 91.7 Å². The Morgan fingerprint density at radius 1 is 0.782 bits per heavy atom. The van der Waals surface area contributed by atoms with Crippen LogP contribution >= 0.6 is 0 Å². The number of hydrogen-bond acceptors (Lipinski definition) is 13. The van der Waals surface area contributed by atoms with E-state index in [1.165, 1.54) is 5.57 Å². The van der Waals surface area contributed by atoms with E-state index in [9.17, 15) is 45.6 Å². The van der Waals surface area contributed by atoms with Crippen molar-refractivity contribution in [1.82, 2.24) is 0 Å². The number of carbonyl (C=O) groups excluding carboxylic acids is 1. The largest absolute Gasteiger partial charge is 0.394 e. The van der Waals surface area contributed by atoms with Gasteiger partial charge in [-0.15, -0.1) is 0 Å². The van der Waals surface area contributed by atoms with Crippen LogP contribution in [0.15, 0.2) is 11.6 Å². The zero-order valence-corrected chi connectivity index (χ0v) is 34.1. The highest BCUT2D eigenvalue weighted by Gasteiger charge is 2.72. The predicted octanol–water partition coefficient (Wildman–Crippen LogP) is 2.36. The van der Waals surface area contributed by atoms with Gasteiger partial charge >= 0.3 is 0 Å². The molecule has 55 heavy (non-hydrogen) atoms. The molecule has 4 saturated carbocycles. The molecule has 0 unspecified atom stereocenters. The zero-order chi connectivity index (χ0) is 40.6. The van der Waals surface area contributed by atoms with Gasteiger partial charge in [0.05, 0.1) is 24.9 Å². The molecule has 0 amide bonds. The molecular weight excluding hydrogens is 712 g/mol. The summed E-state index contributed by atoms with van der Waals surface area (Å²) in [4.78, 5) is 14.5. The van der Waals surface area contributed by atoms with Crippen LogP contribution in [0.1, 0.15) is 113 Å². The summed E-state index contributed by atoms with van der Waals surface area (Å²) in [6.45, 7) is 16.2. The van der Waals surface area contributed by atoms with Crippen molar-refractivity contribution in [3.05, 3.63) is 11.6 Å². The van der Waals surface area contributed by atoms with Gasteiger partial charge < -0.3 is 59.8 Å². The third-order valence-electron chi connectivity index (χ3n) is 16.4. The Morgan fingerprint density at radius 2 is 1.38 bits per heavy atom. The Kier molecular flexibility index (Phi) is 12.3. The van der Waals surface area contributed by atoms with E-state index in [1.54, 1.807) is 0 Å². The van der Waals surface area contributed by atoms with Crippen LogP contribution in [0, 0.1) is 45.3 Å². The Hall–Kier alpha value is -1.07. The minimum Gasteiger partial charge on any atom is -0.394 e. The van der Waals surface area contributed by atoms with Gasteiger partial charge in [0, 0.05) is 12.3 Å². The molecule has 4 aliphatic carbocycles. The first kappa shape index (κ1) is 43.5. The Bertz CT molecular complexity index is 1410. The molecule has 13 nitrogen and oxygen atoms in total. The zero-order valence-electron chi connectivity index (χ0n) is 34.1. The summed E-state index contributed by atoms with van der Waals surface area (Å²) in [5, 5.41) is 85.1. The van der Waals surface area contributed by atoms with Crippen LogP contribution in [0.4, 0.5) is 0 Å². The van der Waals surface area contributed by atoms with Crippen molar-refractivity contribution in [1.29, 1.82) is 0 Å². The topological polar surface area (TPSA) is 216 Å². The van der Waals surface area contributed by atoms with Crippen molar-refractivity contribution in [3.63, 3.8) is 0 Å². The van der Waals surface area contributed by atoms with Gasteiger partial charge in [-0.3, -0.25) is 4.79 Å². The Balaban J connectivity index is 1.23. The fourth-order valence-electron chi connectivity index (χ4n) is 13.0. The lowest BCUT2D eigenvalue weighted by molar-refractivity contribution is -0.378. The van der Waals surface area contributed by atoms with Crippen LogP contribution in [-0.4, -0.2) is 133 Å². The van der Waals surface area contributed by atoms with Crippen molar-refractivity contribution in [2.24, 2.45) is 45.3 Å². The first-order chi connectivity index (χ1) is 25.6. The molecule has 13 heteroatoms. The molecule has 19 atom stereocenters. The summed E-state index contributed by atoms with van der Waals surface area (Å²) in [5.41, 5.74) is -0.735. The summed E-state index contributed by atoms with van der Waals surface area (Å²) >= 11 is 0. The second kappa shape index (κ2) is 15.5. The van der Waals surface area contributed by atoms with Gasteiger partial charge in [-0.2, -0.15) is 0 Å². The highest BCUT2D eigenvalue weighted by Crippen LogP contribution is 2.75. The van der Waals surface area contributed by atoms with E-state index in [1.807, 2.05) is 6.92 Å². The Labute approximate surface area is 326 Å². The first-order valence-electron chi connectivity index (χ1n) is 20.7. The molecule has 6 aliphatic rings. The van der Waals surface area contributed by atoms with Crippen molar-refractivity contribution in [2.75, 3.05) is 13.2 Å². The lowest BCUT2D eigenvalue weighted by Gasteiger charge is -2.69. The minimum atomic E-state index is -1.76. The van der Waals surface area contributed by atoms with Crippen molar-refractivity contribution in [3.8, 4) is 0 Å². The second-order valence-corrected chi connectivity index (χ2v) is 19.9. The fraction of sp³-hybridized carbons (Fsp3) is 0.929. The maximum atomic E-state index is 14.5. The highest BCUT2D eigenvalue weighted by atomic mass is 16.8. The predicted molar refractivity (Wildman–Crippen MR) is 200 cm³/mol. The number of ether oxygens (including phenoxy) is 4. The number of rotatable bonds is 10. The summed E-state index contributed by atoms with van der Waals surface area (Å²) < 4.78 is 24.3. The van der Waals surface area contributed by atoms with Crippen LogP contribution in [-0.2, 0) is 23.7 Å². The lowest BCUT2D eigenvalue weighted by atomic mass is 9.35. The molecule has 316 valence electrons. The summed E-state index contributed by atoms with van der Waals surface area (Å²) in [6.07, 6.45) is -6.61. The number of carbonyl (C=O) groups is 1. The van der Waals surface area contributed by atoms with Crippen LogP contribution in [0.5, 0.6) is 0 Å². The number of allylic oxidation sites excluding steroid dienone is 2. The standard InChI is InChI=1S/C42H70O13/c1-21(2)10-9-14-42(8,51)22-11-16-41(7)29(22)23(45)18-27-39(5)15-13-28(38(3,4)26(39)12-17-40(27,41)6)54-37-35(33(49)31(47)25(20-44)53-37)55-36-34(50)32(48)30(46)24(19-43)52-36/h10,22,24-37,43-44,46-51H,9,11-20H2,1-8H3/t22-,24+,25+,26-,27+,28-,29-,30+,31+,32-,33-,34+,35+,36-,37-,39-,40+,41+,42-/m0/s1. The quantitative estimate of drug-likeness (QED) is 0.118. The third-order valence-corrected chi connectivity index (χ3v) is 16.4. The molecule has 2 saturated heterocycles. The molecule has 0 aromatic heterocycles. The molecule has 0 radical (unpaired) electrons.